The number of imidazole rings is 1. The molecule has 0 aliphatic heterocycles. The summed E-state index contributed by atoms with van der Waals surface area (Å²) in [5.41, 5.74) is 2.28. The van der Waals surface area contributed by atoms with E-state index in [9.17, 15) is 0 Å². The topological polar surface area (TPSA) is 43.6 Å². The van der Waals surface area contributed by atoms with Crippen LogP contribution in [0, 0.1) is 3.83 Å². The monoisotopic (exact) mass is 404 g/mol. The lowest BCUT2D eigenvalue weighted by Crippen LogP contribution is -1.96. The van der Waals surface area contributed by atoms with E-state index in [0.29, 0.717) is 25.2 Å². The summed E-state index contributed by atoms with van der Waals surface area (Å²) in [6.07, 6.45) is 0. The van der Waals surface area contributed by atoms with E-state index in [1.165, 1.54) is 0 Å². The number of halogens is 3. The molecular formula is C12H7Cl2IN4. The molecule has 1 aromatic carbocycles. The highest BCUT2D eigenvalue weighted by molar-refractivity contribution is 14.1. The first-order valence-electron chi connectivity index (χ1n) is 5.37. The maximum absolute atomic E-state index is 6.11. The van der Waals surface area contributed by atoms with Crippen LogP contribution in [0.4, 0.5) is 0 Å². The highest BCUT2D eigenvalue weighted by atomic mass is 127. The summed E-state index contributed by atoms with van der Waals surface area (Å²) in [5.74, 6) is 0.782. The normalized spacial score (nSPS) is 11.2. The summed E-state index contributed by atoms with van der Waals surface area (Å²) in [6.45, 7) is 0. The van der Waals surface area contributed by atoms with Crippen LogP contribution in [-0.4, -0.2) is 19.5 Å². The molecular weight excluding hydrogens is 398 g/mol. The maximum atomic E-state index is 6.11. The molecule has 3 rings (SSSR count). The maximum Gasteiger partial charge on any atom is 0.194 e. The first kappa shape index (κ1) is 13.1. The van der Waals surface area contributed by atoms with Crippen molar-refractivity contribution in [3.63, 3.8) is 0 Å². The first-order valence-corrected chi connectivity index (χ1v) is 7.21. The zero-order chi connectivity index (χ0) is 13.6. The molecule has 0 aliphatic carbocycles. The van der Waals surface area contributed by atoms with Crippen molar-refractivity contribution in [2.75, 3.05) is 0 Å². The van der Waals surface area contributed by atoms with Crippen molar-refractivity contribution >= 4 is 57.0 Å². The number of fused-ring (bicyclic) bond motifs is 1. The van der Waals surface area contributed by atoms with Crippen molar-refractivity contribution in [1.29, 1.82) is 0 Å². The van der Waals surface area contributed by atoms with Crippen LogP contribution < -0.4 is 0 Å². The van der Waals surface area contributed by atoms with Crippen molar-refractivity contribution in [1.82, 2.24) is 19.5 Å². The summed E-state index contributed by atoms with van der Waals surface area (Å²) in [6, 6.07) is 7.48. The SMILES string of the molecule is Cn1c(-c2ccc(Cl)cc2)nc2c(Cl)nc(I)nc21. The van der Waals surface area contributed by atoms with Crippen LogP contribution in [-0.2, 0) is 7.05 Å². The zero-order valence-electron chi connectivity index (χ0n) is 9.73. The molecule has 0 fully saturated rings. The summed E-state index contributed by atoms with van der Waals surface area (Å²) in [4.78, 5) is 13.0. The van der Waals surface area contributed by atoms with E-state index in [1.807, 2.05) is 58.5 Å². The third-order valence-corrected chi connectivity index (χ3v) is 3.75. The number of benzene rings is 1. The van der Waals surface area contributed by atoms with Crippen molar-refractivity contribution in [2.24, 2.45) is 7.05 Å². The molecule has 96 valence electrons. The minimum absolute atomic E-state index is 0.366. The van der Waals surface area contributed by atoms with Crippen molar-refractivity contribution < 1.29 is 0 Å². The van der Waals surface area contributed by atoms with E-state index in [1.54, 1.807) is 0 Å². The van der Waals surface area contributed by atoms with Gasteiger partial charge in [-0.3, -0.25) is 0 Å². The minimum Gasteiger partial charge on any atom is -0.312 e. The van der Waals surface area contributed by atoms with E-state index >= 15 is 0 Å². The molecule has 0 radical (unpaired) electrons. The van der Waals surface area contributed by atoms with Gasteiger partial charge in [0.05, 0.1) is 0 Å². The van der Waals surface area contributed by atoms with Crippen LogP contribution in [0.15, 0.2) is 24.3 Å². The third-order valence-electron chi connectivity index (χ3n) is 2.75. The smallest absolute Gasteiger partial charge is 0.194 e. The number of nitrogens with zero attached hydrogens (tertiary/aromatic N) is 4. The van der Waals surface area contributed by atoms with E-state index in [0.717, 1.165) is 11.4 Å². The number of hydrogen-bond donors (Lipinski definition) is 0. The fraction of sp³-hybridized carbons (Fsp3) is 0.0833. The van der Waals surface area contributed by atoms with Gasteiger partial charge in [-0.05, 0) is 24.3 Å². The lowest BCUT2D eigenvalue weighted by Gasteiger charge is -2.01. The molecule has 0 unspecified atom stereocenters. The van der Waals surface area contributed by atoms with Gasteiger partial charge in [0.15, 0.2) is 14.6 Å². The van der Waals surface area contributed by atoms with Crippen LogP contribution in [0.1, 0.15) is 0 Å². The van der Waals surface area contributed by atoms with Gasteiger partial charge >= 0.3 is 0 Å². The predicted molar refractivity (Wildman–Crippen MR) is 84.5 cm³/mol. The fourth-order valence-corrected chi connectivity index (χ4v) is 2.81. The van der Waals surface area contributed by atoms with Gasteiger partial charge in [-0.1, -0.05) is 23.2 Å². The number of rotatable bonds is 1. The van der Waals surface area contributed by atoms with Gasteiger partial charge in [-0.15, -0.1) is 0 Å². The standard InChI is InChI=1S/C12H7Cl2IN4/c1-19-10(6-2-4-7(13)5-3-6)16-8-9(14)17-12(15)18-11(8)19/h2-5H,1H3. The van der Waals surface area contributed by atoms with E-state index in [4.69, 9.17) is 23.2 Å². The minimum atomic E-state index is 0.366. The van der Waals surface area contributed by atoms with Gasteiger partial charge in [-0.25, -0.2) is 15.0 Å². The van der Waals surface area contributed by atoms with Crippen LogP contribution in [0.25, 0.3) is 22.6 Å². The first-order chi connectivity index (χ1) is 9.06. The molecule has 7 heteroatoms. The predicted octanol–water partition coefficient (Wildman–Crippen LogP) is 3.94. The Labute approximate surface area is 132 Å². The van der Waals surface area contributed by atoms with Gasteiger partial charge in [0.2, 0.25) is 0 Å². The Balaban J connectivity index is 2.28. The number of aromatic nitrogens is 4. The number of hydrogen-bond acceptors (Lipinski definition) is 3. The van der Waals surface area contributed by atoms with E-state index in [-0.39, 0.29) is 0 Å². The molecule has 0 aliphatic rings. The van der Waals surface area contributed by atoms with Gasteiger partial charge in [0.1, 0.15) is 11.3 Å². The molecule has 0 saturated carbocycles. The Morgan fingerprint density at radius 2 is 1.74 bits per heavy atom. The van der Waals surface area contributed by atoms with Gasteiger partial charge in [0.25, 0.3) is 0 Å². The van der Waals surface area contributed by atoms with Crippen LogP contribution in [0.5, 0.6) is 0 Å². The van der Waals surface area contributed by atoms with E-state index in [2.05, 4.69) is 15.0 Å². The second kappa shape index (κ2) is 4.88. The Morgan fingerprint density at radius 1 is 1.05 bits per heavy atom. The molecule has 2 aromatic heterocycles. The highest BCUT2D eigenvalue weighted by Gasteiger charge is 2.15. The molecule has 0 N–H and O–H groups in total. The molecule has 3 aromatic rings. The average molecular weight is 405 g/mol. The van der Waals surface area contributed by atoms with E-state index < -0.39 is 0 Å². The second-order valence-electron chi connectivity index (χ2n) is 3.96. The second-order valence-corrected chi connectivity index (χ2v) is 5.72. The fourth-order valence-electron chi connectivity index (χ4n) is 1.86. The molecule has 2 heterocycles. The largest absolute Gasteiger partial charge is 0.312 e. The molecule has 4 nitrogen and oxygen atoms in total. The molecule has 0 spiro atoms. The molecule has 0 bridgehead atoms. The van der Waals surface area contributed by atoms with Crippen LogP contribution in [0.2, 0.25) is 10.2 Å². The summed E-state index contributed by atoms with van der Waals surface area (Å²) < 4.78 is 2.50. The molecule has 19 heavy (non-hydrogen) atoms. The zero-order valence-corrected chi connectivity index (χ0v) is 13.4. The van der Waals surface area contributed by atoms with Crippen LogP contribution >= 0.6 is 45.8 Å². The van der Waals surface area contributed by atoms with Crippen molar-refractivity contribution in [3.8, 4) is 11.4 Å². The Kier molecular flexibility index (Phi) is 3.36. The summed E-state index contributed by atoms with van der Waals surface area (Å²) >= 11 is 14.0. The van der Waals surface area contributed by atoms with Gasteiger partial charge in [-0.2, -0.15) is 0 Å². The molecule has 0 amide bonds. The Hall–Kier alpha value is -0.920. The Morgan fingerprint density at radius 3 is 2.42 bits per heavy atom. The third kappa shape index (κ3) is 2.30. The lowest BCUT2D eigenvalue weighted by molar-refractivity contribution is 0.934. The van der Waals surface area contributed by atoms with Gasteiger partial charge in [0, 0.05) is 40.2 Å². The number of aryl methyl sites for hydroxylation is 1. The summed E-state index contributed by atoms with van der Waals surface area (Å²) in [5, 5.41) is 1.06. The molecule has 0 saturated heterocycles. The lowest BCUT2D eigenvalue weighted by atomic mass is 10.2. The van der Waals surface area contributed by atoms with Crippen LogP contribution in [0.3, 0.4) is 0 Å². The summed E-state index contributed by atoms with van der Waals surface area (Å²) in [7, 11) is 1.90. The molecule has 0 atom stereocenters. The Bertz CT molecular complexity index is 767. The van der Waals surface area contributed by atoms with Crippen molar-refractivity contribution in [2.45, 2.75) is 0 Å². The van der Waals surface area contributed by atoms with Gasteiger partial charge < -0.3 is 4.57 Å². The van der Waals surface area contributed by atoms with Crippen molar-refractivity contribution in [3.05, 3.63) is 38.3 Å². The average Bonchev–Trinajstić information content (AvgIpc) is 2.69. The quantitative estimate of drug-likeness (QED) is 0.350. The highest BCUT2D eigenvalue weighted by Crippen LogP contribution is 2.27.